The molecule has 0 bridgehead atoms. The van der Waals surface area contributed by atoms with Crippen molar-refractivity contribution in [2.75, 3.05) is 6.26 Å². The van der Waals surface area contributed by atoms with E-state index >= 15 is 0 Å². The maximum Gasteiger partial charge on any atom is 0.156 e. The summed E-state index contributed by atoms with van der Waals surface area (Å²) in [7, 11) is 0. The van der Waals surface area contributed by atoms with Crippen molar-refractivity contribution < 1.29 is 0 Å². The van der Waals surface area contributed by atoms with Crippen molar-refractivity contribution in [1.82, 2.24) is 14.6 Å². The molecule has 0 saturated heterocycles. The molecule has 0 amide bonds. The van der Waals surface area contributed by atoms with Crippen molar-refractivity contribution >= 4 is 17.4 Å². The molecule has 2 aromatic heterocycles. The van der Waals surface area contributed by atoms with Gasteiger partial charge in [0, 0.05) is 6.07 Å². The van der Waals surface area contributed by atoms with E-state index in [0.29, 0.717) is 5.56 Å². The van der Waals surface area contributed by atoms with Crippen LogP contribution in [0.2, 0.25) is 0 Å². The van der Waals surface area contributed by atoms with Crippen LogP contribution < -0.4 is 0 Å². The molecule has 0 aliphatic heterocycles. The Kier molecular flexibility index (Phi) is 3.89. The minimum absolute atomic E-state index is 0.634. The highest BCUT2D eigenvalue weighted by Crippen LogP contribution is 2.23. The van der Waals surface area contributed by atoms with Gasteiger partial charge in [-0.15, -0.1) is 11.8 Å². The largest absolute Gasteiger partial charge is 0.221 e. The number of hydrogen-bond donors (Lipinski definition) is 0. The van der Waals surface area contributed by atoms with Crippen LogP contribution in [-0.4, -0.2) is 20.9 Å². The van der Waals surface area contributed by atoms with Gasteiger partial charge in [-0.25, -0.2) is 9.50 Å². The molecule has 0 aliphatic carbocycles. The number of thioether (sulfide) groups is 1. The van der Waals surface area contributed by atoms with Gasteiger partial charge in [0.15, 0.2) is 5.65 Å². The monoisotopic (exact) mass is 294 g/mol. The molecule has 3 rings (SSSR count). The molecule has 3 aromatic rings. The van der Waals surface area contributed by atoms with Gasteiger partial charge in [0.2, 0.25) is 0 Å². The van der Waals surface area contributed by atoms with Gasteiger partial charge in [0.05, 0.1) is 11.9 Å². The van der Waals surface area contributed by atoms with E-state index in [4.69, 9.17) is 0 Å². The average molecular weight is 294 g/mol. The molecule has 21 heavy (non-hydrogen) atoms. The Morgan fingerprint density at radius 2 is 2.00 bits per heavy atom. The number of hydrogen-bond acceptors (Lipinski definition) is 4. The Hall–Kier alpha value is -2.32. The second-order valence-electron chi connectivity index (χ2n) is 4.64. The lowest BCUT2D eigenvalue weighted by molar-refractivity contribution is 0.789. The second kappa shape index (κ2) is 5.98. The first-order valence-electron chi connectivity index (χ1n) is 6.68. The second-order valence-corrected chi connectivity index (χ2v) is 5.44. The molecule has 0 fully saturated rings. The maximum atomic E-state index is 9.48. The van der Waals surface area contributed by atoms with Gasteiger partial charge in [0.25, 0.3) is 0 Å². The molecule has 0 radical (unpaired) electrons. The van der Waals surface area contributed by atoms with E-state index < -0.39 is 0 Å². The molecule has 104 valence electrons. The van der Waals surface area contributed by atoms with E-state index in [2.05, 4.69) is 28.3 Å². The molecule has 4 nitrogen and oxygen atoms in total. The third-order valence-electron chi connectivity index (χ3n) is 3.40. The highest BCUT2D eigenvalue weighted by atomic mass is 32.2. The maximum absolute atomic E-state index is 9.48. The van der Waals surface area contributed by atoms with Crippen molar-refractivity contribution in [3.05, 3.63) is 59.4 Å². The first-order valence-corrected chi connectivity index (χ1v) is 7.90. The standard InChI is InChI=1S/C16H14N4S/c1-21-16-13(11-17)14(20-15(19-16)9-10-18-20)8-7-12-5-3-2-4-6-12/h2-6,9-10H,7-8H2,1H3. The van der Waals surface area contributed by atoms with Crippen LogP contribution in [0.25, 0.3) is 5.65 Å². The number of nitrogens with zero attached hydrogens (tertiary/aromatic N) is 4. The van der Waals surface area contributed by atoms with Crippen LogP contribution in [0, 0.1) is 11.3 Å². The molecule has 2 heterocycles. The van der Waals surface area contributed by atoms with Crippen molar-refractivity contribution in [3.8, 4) is 6.07 Å². The van der Waals surface area contributed by atoms with Gasteiger partial charge in [-0.1, -0.05) is 30.3 Å². The lowest BCUT2D eigenvalue weighted by Crippen LogP contribution is -2.07. The summed E-state index contributed by atoms with van der Waals surface area (Å²) in [6.45, 7) is 0. The fraction of sp³-hybridized carbons (Fsp3) is 0.188. The quantitative estimate of drug-likeness (QED) is 0.548. The average Bonchev–Trinajstić information content (AvgIpc) is 3.00. The molecule has 0 N–H and O–H groups in total. The highest BCUT2D eigenvalue weighted by Gasteiger charge is 2.15. The molecule has 0 saturated carbocycles. The number of nitriles is 1. The third kappa shape index (κ3) is 2.63. The topological polar surface area (TPSA) is 54.0 Å². The lowest BCUT2D eigenvalue weighted by Gasteiger charge is -2.10. The molecule has 0 atom stereocenters. The van der Waals surface area contributed by atoms with Crippen LogP contribution in [0.1, 0.15) is 16.8 Å². The minimum atomic E-state index is 0.634. The third-order valence-corrected chi connectivity index (χ3v) is 4.08. The Balaban J connectivity index is 2.03. The first kappa shape index (κ1) is 13.7. The van der Waals surface area contributed by atoms with E-state index in [1.807, 2.05) is 30.5 Å². The summed E-state index contributed by atoms with van der Waals surface area (Å²) in [4.78, 5) is 4.48. The van der Waals surface area contributed by atoms with Crippen molar-refractivity contribution in [1.29, 1.82) is 5.26 Å². The Morgan fingerprint density at radius 1 is 1.19 bits per heavy atom. The Bertz CT molecular complexity index is 802. The summed E-state index contributed by atoms with van der Waals surface area (Å²) in [6.07, 6.45) is 5.31. The van der Waals surface area contributed by atoms with Crippen LogP contribution in [0.15, 0.2) is 47.6 Å². The van der Waals surface area contributed by atoms with Crippen molar-refractivity contribution in [2.45, 2.75) is 17.9 Å². The van der Waals surface area contributed by atoms with Gasteiger partial charge in [-0.05, 0) is 24.7 Å². The lowest BCUT2D eigenvalue weighted by atomic mass is 10.1. The molecule has 1 aromatic carbocycles. The first-order chi connectivity index (χ1) is 10.3. The van der Waals surface area contributed by atoms with Crippen molar-refractivity contribution in [2.24, 2.45) is 0 Å². The highest BCUT2D eigenvalue weighted by molar-refractivity contribution is 7.98. The SMILES string of the molecule is CSc1nc2ccnn2c(CCc2ccccc2)c1C#N. The summed E-state index contributed by atoms with van der Waals surface area (Å²) in [5.74, 6) is 0. The van der Waals surface area contributed by atoms with E-state index in [1.54, 1.807) is 10.7 Å². The van der Waals surface area contributed by atoms with Gasteiger partial charge in [-0.2, -0.15) is 10.4 Å². The van der Waals surface area contributed by atoms with Crippen LogP contribution >= 0.6 is 11.8 Å². The molecular formula is C16H14N4S. The fourth-order valence-electron chi connectivity index (χ4n) is 2.38. The minimum Gasteiger partial charge on any atom is -0.221 e. The smallest absolute Gasteiger partial charge is 0.156 e. The Labute approximate surface area is 127 Å². The summed E-state index contributed by atoms with van der Waals surface area (Å²) in [6, 6.07) is 14.4. The molecule has 5 heteroatoms. The zero-order valence-electron chi connectivity index (χ0n) is 11.7. The molecule has 0 unspecified atom stereocenters. The number of benzene rings is 1. The summed E-state index contributed by atoms with van der Waals surface area (Å²) in [5, 5.41) is 14.6. The Morgan fingerprint density at radius 3 is 2.71 bits per heavy atom. The summed E-state index contributed by atoms with van der Waals surface area (Å²) < 4.78 is 1.78. The van der Waals surface area contributed by atoms with Crippen LogP contribution in [0.5, 0.6) is 0 Å². The van der Waals surface area contributed by atoms with Gasteiger partial charge < -0.3 is 0 Å². The van der Waals surface area contributed by atoms with Gasteiger partial charge in [-0.3, -0.25) is 0 Å². The van der Waals surface area contributed by atoms with Gasteiger partial charge >= 0.3 is 0 Å². The number of aryl methyl sites for hydroxylation is 2. The van der Waals surface area contributed by atoms with E-state index in [0.717, 1.165) is 29.2 Å². The van der Waals surface area contributed by atoms with E-state index in [1.165, 1.54) is 17.3 Å². The predicted molar refractivity (Wildman–Crippen MR) is 83.3 cm³/mol. The summed E-state index contributed by atoms with van der Waals surface area (Å²) in [5.41, 5.74) is 3.61. The van der Waals surface area contributed by atoms with Gasteiger partial charge in [0.1, 0.15) is 16.7 Å². The summed E-state index contributed by atoms with van der Waals surface area (Å²) >= 11 is 1.50. The van der Waals surface area contributed by atoms with E-state index in [-0.39, 0.29) is 0 Å². The van der Waals surface area contributed by atoms with Crippen LogP contribution in [0.4, 0.5) is 0 Å². The van der Waals surface area contributed by atoms with Crippen molar-refractivity contribution in [3.63, 3.8) is 0 Å². The fourth-order valence-corrected chi connectivity index (χ4v) is 2.93. The molecule has 0 aliphatic rings. The normalized spacial score (nSPS) is 10.7. The number of fused-ring (bicyclic) bond motifs is 1. The predicted octanol–water partition coefficient (Wildman–Crippen LogP) is 3.11. The number of aromatic nitrogens is 3. The molecular weight excluding hydrogens is 280 g/mol. The molecule has 0 spiro atoms. The zero-order chi connectivity index (χ0) is 14.7. The van der Waals surface area contributed by atoms with Crippen LogP contribution in [-0.2, 0) is 12.8 Å². The number of rotatable bonds is 4. The van der Waals surface area contributed by atoms with E-state index in [9.17, 15) is 5.26 Å². The van der Waals surface area contributed by atoms with Crippen LogP contribution in [0.3, 0.4) is 0 Å². The zero-order valence-corrected chi connectivity index (χ0v) is 12.5.